The zero-order valence-corrected chi connectivity index (χ0v) is 20.5. The van der Waals surface area contributed by atoms with E-state index in [4.69, 9.17) is 4.74 Å². The lowest BCUT2D eigenvalue weighted by Crippen LogP contribution is -2.54. The number of rotatable bonds is 7. The molecule has 4 heterocycles. The number of hydrogen-bond donors (Lipinski definition) is 2. The molecule has 3 aliphatic heterocycles. The van der Waals surface area contributed by atoms with Crippen LogP contribution in [0.3, 0.4) is 0 Å². The third kappa shape index (κ3) is 3.95. The van der Waals surface area contributed by atoms with Crippen molar-refractivity contribution >= 4 is 34.7 Å². The monoisotopic (exact) mass is 517 g/mol. The van der Waals surface area contributed by atoms with Crippen molar-refractivity contribution in [2.45, 2.75) is 30.8 Å². The van der Waals surface area contributed by atoms with Crippen LogP contribution in [0.15, 0.2) is 84.3 Å². The van der Waals surface area contributed by atoms with Crippen molar-refractivity contribution in [3.05, 3.63) is 101 Å². The van der Waals surface area contributed by atoms with E-state index in [0.717, 1.165) is 10.4 Å². The normalized spacial score (nSPS) is 27.4. The Balaban J connectivity index is 1.32. The van der Waals surface area contributed by atoms with Crippen LogP contribution in [0.25, 0.3) is 0 Å². The third-order valence-corrected chi connectivity index (χ3v) is 8.13. The quantitative estimate of drug-likeness (QED) is 0.470. The second kappa shape index (κ2) is 9.24. The summed E-state index contributed by atoms with van der Waals surface area (Å²) in [5.41, 5.74) is -0.323. The highest BCUT2D eigenvalue weighted by Gasteiger charge is 2.72. The number of carbonyl (C=O) groups is 3. The lowest BCUT2D eigenvalue weighted by molar-refractivity contribution is -0.141. The van der Waals surface area contributed by atoms with Crippen molar-refractivity contribution in [1.29, 1.82) is 0 Å². The molecule has 2 bridgehead atoms. The molecule has 1 spiro atoms. The summed E-state index contributed by atoms with van der Waals surface area (Å²) in [5.74, 6) is -3.55. The molecule has 3 amide bonds. The van der Waals surface area contributed by atoms with Gasteiger partial charge in [-0.3, -0.25) is 14.4 Å². The number of para-hydroxylation sites is 1. The minimum atomic E-state index is -1.28. The highest BCUT2D eigenvalue weighted by molar-refractivity contribution is 7.09. The SMILES string of the molecule is O=C(Nc1ccccc1F)[C@H]1[C@H]2C=C[C@]3(O2)[C@H]1C(=O)N(Cc1cccs1)[C@@H]3C(=O)NCc1ccccc1. The Hall–Kier alpha value is -3.82. The number of carbonyl (C=O) groups excluding carboxylic acids is 3. The molecule has 0 unspecified atom stereocenters. The van der Waals surface area contributed by atoms with Gasteiger partial charge in [-0.2, -0.15) is 0 Å². The number of hydrogen-bond acceptors (Lipinski definition) is 5. The van der Waals surface area contributed by atoms with Crippen molar-refractivity contribution in [1.82, 2.24) is 10.2 Å². The minimum Gasteiger partial charge on any atom is -0.359 e. The molecule has 188 valence electrons. The lowest BCUT2D eigenvalue weighted by atomic mass is 9.74. The van der Waals surface area contributed by atoms with E-state index in [1.54, 1.807) is 18.2 Å². The zero-order valence-electron chi connectivity index (χ0n) is 19.7. The molecule has 1 aromatic heterocycles. The van der Waals surface area contributed by atoms with E-state index < -0.39 is 41.3 Å². The van der Waals surface area contributed by atoms with Crippen LogP contribution in [0.5, 0.6) is 0 Å². The summed E-state index contributed by atoms with van der Waals surface area (Å²) in [6.45, 7) is 0.518. The summed E-state index contributed by atoms with van der Waals surface area (Å²) < 4.78 is 20.6. The summed E-state index contributed by atoms with van der Waals surface area (Å²) in [6, 6.07) is 18.2. The Morgan fingerprint density at radius 1 is 1.03 bits per heavy atom. The van der Waals surface area contributed by atoms with Crippen molar-refractivity contribution in [2.75, 3.05) is 5.32 Å². The van der Waals surface area contributed by atoms with Gasteiger partial charge < -0.3 is 20.3 Å². The first-order chi connectivity index (χ1) is 18.0. The number of nitrogens with zero attached hydrogens (tertiary/aromatic N) is 1. The van der Waals surface area contributed by atoms with Crippen LogP contribution in [-0.4, -0.2) is 40.4 Å². The Labute approximate surface area is 216 Å². The van der Waals surface area contributed by atoms with Gasteiger partial charge in [-0.1, -0.05) is 60.7 Å². The van der Waals surface area contributed by atoms with Crippen LogP contribution in [0.4, 0.5) is 10.1 Å². The number of amides is 3. The van der Waals surface area contributed by atoms with E-state index in [-0.39, 0.29) is 24.0 Å². The Kier molecular flexibility index (Phi) is 5.89. The van der Waals surface area contributed by atoms with Crippen LogP contribution in [0.1, 0.15) is 10.4 Å². The molecule has 2 fully saturated rings. The predicted molar refractivity (Wildman–Crippen MR) is 136 cm³/mol. The summed E-state index contributed by atoms with van der Waals surface area (Å²) in [4.78, 5) is 43.4. The molecule has 0 saturated carbocycles. The maximum Gasteiger partial charge on any atom is 0.246 e. The maximum atomic E-state index is 14.2. The highest BCUT2D eigenvalue weighted by Crippen LogP contribution is 2.55. The number of likely N-dealkylation sites (tertiary alicyclic amines) is 1. The highest BCUT2D eigenvalue weighted by atomic mass is 32.1. The Morgan fingerprint density at radius 2 is 1.81 bits per heavy atom. The first kappa shape index (κ1) is 23.6. The molecule has 0 aliphatic carbocycles. The number of thiophene rings is 1. The molecule has 6 rings (SSSR count). The van der Waals surface area contributed by atoms with Crippen LogP contribution in [0, 0.1) is 17.7 Å². The van der Waals surface area contributed by atoms with Gasteiger partial charge in [0.25, 0.3) is 0 Å². The van der Waals surface area contributed by atoms with Gasteiger partial charge in [-0.05, 0) is 29.1 Å². The van der Waals surface area contributed by atoms with Gasteiger partial charge in [0, 0.05) is 11.4 Å². The first-order valence-corrected chi connectivity index (χ1v) is 12.9. The standard InChI is InChI=1S/C28H24FN3O4S/c29-19-10-4-5-11-20(19)31-25(33)22-21-12-13-28(36-21)23(22)27(35)32(16-18-9-6-14-37-18)24(28)26(34)30-15-17-7-2-1-3-8-17/h1-14,21-24H,15-16H2,(H,30,34)(H,31,33)/t21-,22+,23-,24-,28+/m1/s1. The Morgan fingerprint density at radius 3 is 2.57 bits per heavy atom. The third-order valence-electron chi connectivity index (χ3n) is 7.27. The number of halogens is 1. The van der Waals surface area contributed by atoms with Crippen LogP contribution in [-0.2, 0) is 32.2 Å². The summed E-state index contributed by atoms with van der Waals surface area (Å²) >= 11 is 1.49. The predicted octanol–water partition coefficient (Wildman–Crippen LogP) is 3.49. The average Bonchev–Trinajstić information content (AvgIpc) is 3.68. The average molecular weight is 518 g/mol. The number of anilines is 1. The number of fused-ring (bicyclic) bond motifs is 1. The molecule has 2 saturated heterocycles. The number of nitrogens with one attached hydrogen (secondary N) is 2. The maximum absolute atomic E-state index is 14.2. The summed E-state index contributed by atoms with van der Waals surface area (Å²) in [5, 5.41) is 7.49. The molecule has 2 aromatic carbocycles. The zero-order chi connectivity index (χ0) is 25.6. The van der Waals surface area contributed by atoms with E-state index >= 15 is 0 Å². The first-order valence-electron chi connectivity index (χ1n) is 12.0. The summed E-state index contributed by atoms with van der Waals surface area (Å²) in [7, 11) is 0. The van der Waals surface area contributed by atoms with Crippen LogP contribution in [0.2, 0.25) is 0 Å². The fraction of sp³-hybridized carbons (Fsp3) is 0.250. The largest absolute Gasteiger partial charge is 0.359 e. The fourth-order valence-corrected chi connectivity index (χ4v) is 6.37. The molecule has 9 heteroatoms. The molecule has 0 radical (unpaired) electrons. The number of ether oxygens (including phenoxy) is 1. The van der Waals surface area contributed by atoms with Gasteiger partial charge in [0.1, 0.15) is 17.5 Å². The summed E-state index contributed by atoms with van der Waals surface area (Å²) in [6.07, 6.45) is 2.81. The fourth-order valence-electron chi connectivity index (χ4n) is 5.67. The molecule has 7 nitrogen and oxygen atoms in total. The van der Waals surface area contributed by atoms with Crippen molar-refractivity contribution < 1.29 is 23.5 Å². The van der Waals surface area contributed by atoms with Gasteiger partial charge in [-0.25, -0.2) is 4.39 Å². The molecule has 3 aliphatic rings. The molecule has 37 heavy (non-hydrogen) atoms. The number of benzene rings is 2. The van der Waals surface area contributed by atoms with E-state index in [2.05, 4.69) is 10.6 Å². The van der Waals surface area contributed by atoms with Crippen molar-refractivity contribution in [3.63, 3.8) is 0 Å². The molecule has 3 aromatic rings. The lowest BCUT2D eigenvalue weighted by Gasteiger charge is -2.32. The smallest absolute Gasteiger partial charge is 0.246 e. The molecule has 2 N–H and O–H groups in total. The minimum absolute atomic E-state index is 0.0337. The second-order valence-electron chi connectivity index (χ2n) is 9.42. The van der Waals surface area contributed by atoms with Crippen molar-refractivity contribution in [2.24, 2.45) is 11.8 Å². The van der Waals surface area contributed by atoms with Crippen molar-refractivity contribution in [3.8, 4) is 0 Å². The molecular formula is C28H24FN3O4S. The van der Waals surface area contributed by atoms with Gasteiger partial charge in [0.15, 0.2) is 0 Å². The van der Waals surface area contributed by atoms with E-state index in [1.165, 1.54) is 34.4 Å². The Bertz CT molecular complexity index is 1380. The van der Waals surface area contributed by atoms with E-state index in [1.807, 2.05) is 47.8 Å². The topological polar surface area (TPSA) is 87.7 Å². The van der Waals surface area contributed by atoms with Crippen LogP contribution < -0.4 is 10.6 Å². The van der Waals surface area contributed by atoms with E-state index in [0.29, 0.717) is 6.54 Å². The molecule has 5 atom stereocenters. The van der Waals surface area contributed by atoms with Gasteiger partial charge >= 0.3 is 0 Å². The van der Waals surface area contributed by atoms with Crippen LogP contribution >= 0.6 is 11.3 Å². The van der Waals surface area contributed by atoms with Gasteiger partial charge in [0.2, 0.25) is 17.7 Å². The van der Waals surface area contributed by atoms with E-state index in [9.17, 15) is 18.8 Å². The second-order valence-corrected chi connectivity index (χ2v) is 10.5. The van der Waals surface area contributed by atoms with Gasteiger partial charge in [0.05, 0.1) is 30.2 Å². The molecular weight excluding hydrogens is 493 g/mol. The van der Waals surface area contributed by atoms with Gasteiger partial charge in [-0.15, -0.1) is 11.3 Å².